The zero-order valence-corrected chi connectivity index (χ0v) is 11.2. The van der Waals surface area contributed by atoms with Gasteiger partial charge in [0.25, 0.3) is 5.91 Å². The molecular formula is C14H18N2O3. The lowest BCUT2D eigenvalue weighted by Gasteiger charge is -2.10. The van der Waals surface area contributed by atoms with Crippen molar-refractivity contribution >= 4 is 5.91 Å². The second-order valence-electron chi connectivity index (χ2n) is 4.17. The Kier molecular flexibility index (Phi) is 6.41. The third-order valence-electron chi connectivity index (χ3n) is 2.24. The summed E-state index contributed by atoms with van der Waals surface area (Å²) in [7, 11) is 0. The summed E-state index contributed by atoms with van der Waals surface area (Å²) in [5.74, 6) is 0.179. The van der Waals surface area contributed by atoms with Gasteiger partial charge in [-0.05, 0) is 26.0 Å². The van der Waals surface area contributed by atoms with Crippen molar-refractivity contribution in [2.24, 2.45) is 0 Å². The van der Waals surface area contributed by atoms with Gasteiger partial charge in [-0.15, -0.1) is 0 Å². The lowest BCUT2D eigenvalue weighted by molar-refractivity contribution is -0.123. The fourth-order valence-electron chi connectivity index (χ4n) is 1.36. The van der Waals surface area contributed by atoms with Crippen LogP contribution in [-0.4, -0.2) is 31.8 Å². The smallest absolute Gasteiger partial charge is 0.258 e. The van der Waals surface area contributed by atoms with E-state index in [0.717, 1.165) is 0 Å². The SMILES string of the molecule is CC(C)OCCNC(=O)COc1ccccc1C#N. The number of rotatable bonds is 7. The van der Waals surface area contributed by atoms with Gasteiger partial charge in [0, 0.05) is 6.54 Å². The van der Waals surface area contributed by atoms with Crippen LogP contribution < -0.4 is 10.1 Å². The number of amides is 1. The van der Waals surface area contributed by atoms with E-state index in [9.17, 15) is 4.79 Å². The van der Waals surface area contributed by atoms with Gasteiger partial charge in [-0.2, -0.15) is 5.26 Å². The van der Waals surface area contributed by atoms with E-state index in [0.29, 0.717) is 24.5 Å². The van der Waals surface area contributed by atoms with Crippen LogP contribution in [0.5, 0.6) is 5.75 Å². The van der Waals surface area contributed by atoms with E-state index in [1.165, 1.54) is 0 Å². The molecule has 0 aliphatic carbocycles. The number of benzene rings is 1. The second kappa shape index (κ2) is 8.11. The van der Waals surface area contributed by atoms with Crippen molar-refractivity contribution in [1.29, 1.82) is 5.26 Å². The minimum atomic E-state index is -0.236. The van der Waals surface area contributed by atoms with E-state index in [4.69, 9.17) is 14.7 Å². The van der Waals surface area contributed by atoms with E-state index < -0.39 is 0 Å². The summed E-state index contributed by atoms with van der Waals surface area (Å²) in [5, 5.41) is 11.5. The monoisotopic (exact) mass is 262 g/mol. The Morgan fingerprint density at radius 1 is 1.42 bits per heavy atom. The molecule has 5 heteroatoms. The fraction of sp³-hybridized carbons (Fsp3) is 0.429. The van der Waals surface area contributed by atoms with E-state index in [1.54, 1.807) is 24.3 Å². The summed E-state index contributed by atoms with van der Waals surface area (Å²) in [6.45, 7) is 4.67. The second-order valence-corrected chi connectivity index (χ2v) is 4.17. The van der Waals surface area contributed by atoms with Gasteiger partial charge in [-0.1, -0.05) is 12.1 Å². The van der Waals surface area contributed by atoms with Crippen LogP contribution in [0.4, 0.5) is 0 Å². The van der Waals surface area contributed by atoms with Gasteiger partial charge in [0.15, 0.2) is 6.61 Å². The van der Waals surface area contributed by atoms with Gasteiger partial charge in [0.1, 0.15) is 11.8 Å². The lowest BCUT2D eigenvalue weighted by Crippen LogP contribution is -2.32. The van der Waals surface area contributed by atoms with Crippen LogP contribution in [0.25, 0.3) is 0 Å². The topological polar surface area (TPSA) is 71.3 Å². The molecule has 0 unspecified atom stereocenters. The molecular weight excluding hydrogens is 244 g/mol. The minimum Gasteiger partial charge on any atom is -0.482 e. The number of carbonyl (C=O) groups is 1. The number of para-hydroxylation sites is 1. The minimum absolute atomic E-state index is 0.111. The zero-order chi connectivity index (χ0) is 14.1. The summed E-state index contributed by atoms with van der Waals surface area (Å²) in [4.78, 5) is 11.5. The fourth-order valence-corrected chi connectivity index (χ4v) is 1.36. The Morgan fingerprint density at radius 3 is 2.84 bits per heavy atom. The summed E-state index contributed by atoms with van der Waals surface area (Å²) in [5.41, 5.74) is 0.415. The average Bonchev–Trinajstić information content (AvgIpc) is 2.41. The molecule has 1 amide bonds. The van der Waals surface area contributed by atoms with Crippen molar-refractivity contribution in [3.8, 4) is 11.8 Å². The maximum Gasteiger partial charge on any atom is 0.258 e. The highest BCUT2D eigenvalue weighted by molar-refractivity contribution is 5.77. The Bertz CT molecular complexity index is 452. The number of hydrogen-bond donors (Lipinski definition) is 1. The summed E-state index contributed by atoms with van der Waals surface area (Å²) in [6.07, 6.45) is 0.149. The normalized spacial score (nSPS) is 10.0. The third-order valence-corrected chi connectivity index (χ3v) is 2.24. The maximum absolute atomic E-state index is 11.5. The predicted molar refractivity (Wildman–Crippen MR) is 70.7 cm³/mol. The van der Waals surface area contributed by atoms with Crippen LogP contribution in [0.3, 0.4) is 0 Å². The predicted octanol–water partition coefficient (Wildman–Crippen LogP) is 1.48. The molecule has 19 heavy (non-hydrogen) atoms. The highest BCUT2D eigenvalue weighted by Crippen LogP contribution is 2.15. The number of hydrogen-bond acceptors (Lipinski definition) is 4. The molecule has 102 valence electrons. The van der Waals surface area contributed by atoms with Gasteiger partial charge in [0.05, 0.1) is 18.3 Å². The van der Waals surface area contributed by atoms with Crippen LogP contribution in [-0.2, 0) is 9.53 Å². The molecule has 0 saturated heterocycles. The maximum atomic E-state index is 11.5. The summed E-state index contributed by atoms with van der Waals surface area (Å²) in [6, 6.07) is 8.81. The molecule has 0 aromatic heterocycles. The Morgan fingerprint density at radius 2 is 2.16 bits per heavy atom. The summed E-state index contributed by atoms with van der Waals surface area (Å²) >= 11 is 0. The van der Waals surface area contributed by atoms with E-state index >= 15 is 0 Å². The first-order valence-electron chi connectivity index (χ1n) is 6.13. The van der Waals surface area contributed by atoms with Gasteiger partial charge in [0.2, 0.25) is 0 Å². The lowest BCUT2D eigenvalue weighted by atomic mass is 10.2. The molecule has 5 nitrogen and oxygen atoms in total. The Hall–Kier alpha value is -2.06. The molecule has 1 aromatic carbocycles. The van der Waals surface area contributed by atoms with E-state index in [2.05, 4.69) is 5.32 Å². The van der Waals surface area contributed by atoms with Crippen molar-refractivity contribution < 1.29 is 14.3 Å². The molecule has 0 aliphatic heterocycles. The molecule has 1 rings (SSSR count). The number of nitrogens with zero attached hydrogens (tertiary/aromatic N) is 1. The van der Waals surface area contributed by atoms with E-state index in [1.807, 2.05) is 19.9 Å². The number of ether oxygens (including phenoxy) is 2. The number of carbonyl (C=O) groups excluding carboxylic acids is 1. The highest BCUT2D eigenvalue weighted by Gasteiger charge is 2.05. The van der Waals surface area contributed by atoms with Crippen LogP contribution in [0.15, 0.2) is 24.3 Å². The molecule has 0 fully saturated rings. The zero-order valence-electron chi connectivity index (χ0n) is 11.2. The van der Waals surface area contributed by atoms with Gasteiger partial charge in [-0.3, -0.25) is 4.79 Å². The summed E-state index contributed by atoms with van der Waals surface area (Å²) < 4.78 is 10.6. The Balaban J connectivity index is 2.29. The molecule has 0 radical (unpaired) electrons. The van der Waals surface area contributed by atoms with Crippen LogP contribution in [0, 0.1) is 11.3 Å². The average molecular weight is 262 g/mol. The van der Waals surface area contributed by atoms with Crippen molar-refractivity contribution in [2.45, 2.75) is 20.0 Å². The van der Waals surface area contributed by atoms with Crippen molar-refractivity contribution in [3.63, 3.8) is 0 Å². The van der Waals surface area contributed by atoms with Gasteiger partial charge < -0.3 is 14.8 Å². The van der Waals surface area contributed by atoms with Gasteiger partial charge in [-0.25, -0.2) is 0 Å². The number of nitrogens with one attached hydrogen (secondary N) is 1. The first-order valence-corrected chi connectivity index (χ1v) is 6.13. The molecule has 1 N–H and O–H groups in total. The van der Waals surface area contributed by atoms with Crippen molar-refractivity contribution in [3.05, 3.63) is 29.8 Å². The molecule has 0 bridgehead atoms. The standard InChI is InChI=1S/C14H18N2O3/c1-11(2)18-8-7-16-14(17)10-19-13-6-4-3-5-12(13)9-15/h3-6,11H,7-8,10H2,1-2H3,(H,16,17). The molecule has 0 atom stereocenters. The third kappa shape index (κ3) is 5.89. The van der Waals surface area contributed by atoms with Crippen LogP contribution in [0.2, 0.25) is 0 Å². The molecule has 1 aromatic rings. The van der Waals surface area contributed by atoms with E-state index in [-0.39, 0.29) is 18.6 Å². The number of nitriles is 1. The highest BCUT2D eigenvalue weighted by atomic mass is 16.5. The first-order chi connectivity index (χ1) is 9.13. The molecule has 0 aliphatic rings. The Labute approximate surface area is 113 Å². The first kappa shape index (κ1) is 15.0. The molecule has 0 spiro atoms. The largest absolute Gasteiger partial charge is 0.482 e. The molecule has 0 saturated carbocycles. The van der Waals surface area contributed by atoms with Crippen molar-refractivity contribution in [1.82, 2.24) is 5.32 Å². The molecule has 0 heterocycles. The quantitative estimate of drug-likeness (QED) is 0.755. The van der Waals surface area contributed by atoms with Crippen LogP contribution in [0.1, 0.15) is 19.4 Å². The van der Waals surface area contributed by atoms with Crippen molar-refractivity contribution in [2.75, 3.05) is 19.8 Å². The van der Waals surface area contributed by atoms with Gasteiger partial charge >= 0.3 is 0 Å². The van der Waals surface area contributed by atoms with Crippen LogP contribution >= 0.6 is 0 Å².